The molecule has 2 heterocycles. The quantitative estimate of drug-likeness (QED) is 0.915. The number of rotatable bonds is 4. The minimum absolute atomic E-state index is 0.0566. The van der Waals surface area contributed by atoms with Crippen molar-refractivity contribution in [2.24, 2.45) is 5.92 Å². The lowest BCUT2D eigenvalue weighted by atomic mass is 10.0. The standard InChI is InChI=1S/C18H27N3O3/c1-23-17-5-3-2-4-16(17)20-8-10-21(11-9-20)18(22)19-14-15-6-12-24-13-7-15/h2-5,15H,6-14H2,1H3,(H,19,22). The molecule has 24 heavy (non-hydrogen) atoms. The molecule has 2 aliphatic rings. The predicted octanol–water partition coefficient (Wildman–Crippen LogP) is 1.95. The maximum Gasteiger partial charge on any atom is 0.317 e. The number of methoxy groups -OCH3 is 1. The van der Waals surface area contributed by atoms with Crippen LogP contribution in [0.3, 0.4) is 0 Å². The Bertz CT molecular complexity index is 538. The Morgan fingerprint density at radius 1 is 1.21 bits per heavy atom. The van der Waals surface area contributed by atoms with Crippen LogP contribution in [0.5, 0.6) is 5.75 Å². The van der Waals surface area contributed by atoms with Crippen molar-refractivity contribution in [2.75, 3.05) is 57.9 Å². The monoisotopic (exact) mass is 333 g/mol. The van der Waals surface area contributed by atoms with Crippen molar-refractivity contribution in [1.29, 1.82) is 0 Å². The van der Waals surface area contributed by atoms with Gasteiger partial charge in [0.2, 0.25) is 0 Å². The van der Waals surface area contributed by atoms with Gasteiger partial charge in [-0.05, 0) is 30.9 Å². The highest BCUT2D eigenvalue weighted by Crippen LogP contribution is 2.28. The lowest BCUT2D eigenvalue weighted by Gasteiger charge is -2.36. The smallest absolute Gasteiger partial charge is 0.317 e. The van der Waals surface area contributed by atoms with Crippen LogP contribution in [0.25, 0.3) is 0 Å². The van der Waals surface area contributed by atoms with Gasteiger partial charge in [0.25, 0.3) is 0 Å². The van der Waals surface area contributed by atoms with E-state index in [1.807, 2.05) is 23.1 Å². The zero-order chi connectivity index (χ0) is 16.8. The van der Waals surface area contributed by atoms with Gasteiger partial charge in [0.05, 0.1) is 12.8 Å². The molecule has 0 aromatic heterocycles. The second-order valence-corrected chi connectivity index (χ2v) is 6.39. The molecular formula is C18H27N3O3. The summed E-state index contributed by atoms with van der Waals surface area (Å²) in [6.07, 6.45) is 2.09. The van der Waals surface area contributed by atoms with Crippen molar-refractivity contribution in [1.82, 2.24) is 10.2 Å². The van der Waals surface area contributed by atoms with Crippen LogP contribution in [0.15, 0.2) is 24.3 Å². The van der Waals surface area contributed by atoms with E-state index in [4.69, 9.17) is 9.47 Å². The molecule has 0 aliphatic carbocycles. The minimum atomic E-state index is 0.0566. The third-order valence-electron chi connectivity index (χ3n) is 4.88. The van der Waals surface area contributed by atoms with E-state index in [0.717, 1.165) is 70.2 Å². The van der Waals surface area contributed by atoms with Gasteiger partial charge in [-0.2, -0.15) is 0 Å². The Morgan fingerprint density at radius 2 is 1.92 bits per heavy atom. The molecular weight excluding hydrogens is 306 g/mol. The number of carbonyl (C=O) groups excluding carboxylic acids is 1. The van der Waals surface area contributed by atoms with Gasteiger partial charge in [-0.1, -0.05) is 12.1 Å². The Morgan fingerprint density at radius 3 is 2.62 bits per heavy atom. The van der Waals surface area contributed by atoms with Crippen LogP contribution >= 0.6 is 0 Å². The lowest BCUT2D eigenvalue weighted by molar-refractivity contribution is 0.0663. The summed E-state index contributed by atoms with van der Waals surface area (Å²) in [4.78, 5) is 16.5. The first-order valence-corrected chi connectivity index (χ1v) is 8.76. The van der Waals surface area contributed by atoms with E-state index < -0.39 is 0 Å². The number of nitrogens with one attached hydrogen (secondary N) is 1. The van der Waals surface area contributed by atoms with E-state index in [2.05, 4.69) is 16.3 Å². The molecule has 2 amide bonds. The number of para-hydroxylation sites is 2. The zero-order valence-electron chi connectivity index (χ0n) is 14.4. The summed E-state index contributed by atoms with van der Waals surface area (Å²) in [5.74, 6) is 1.44. The van der Waals surface area contributed by atoms with Gasteiger partial charge in [-0.15, -0.1) is 0 Å². The summed E-state index contributed by atoms with van der Waals surface area (Å²) < 4.78 is 10.8. The molecule has 0 atom stereocenters. The second-order valence-electron chi connectivity index (χ2n) is 6.39. The molecule has 1 aromatic rings. The van der Waals surface area contributed by atoms with Crippen LogP contribution < -0.4 is 15.0 Å². The number of ether oxygens (including phenoxy) is 2. The van der Waals surface area contributed by atoms with E-state index >= 15 is 0 Å². The van der Waals surface area contributed by atoms with Gasteiger partial charge < -0.3 is 24.6 Å². The van der Waals surface area contributed by atoms with Crippen molar-refractivity contribution < 1.29 is 14.3 Å². The van der Waals surface area contributed by atoms with Gasteiger partial charge in [-0.25, -0.2) is 4.79 Å². The summed E-state index contributed by atoms with van der Waals surface area (Å²) in [7, 11) is 1.69. The third-order valence-corrected chi connectivity index (χ3v) is 4.88. The summed E-state index contributed by atoms with van der Waals surface area (Å²) in [6, 6.07) is 8.09. The molecule has 2 aliphatic heterocycles. The Balaban J connectivity index is 1.46. The molecule has 0 saturated carbocycles. The van der Waals surface area contributed by atoms with E-state index in [0.29, 0.717) is 5.92 Å². The van der Waals surface area contributed by atoms with Crippen LogP contribution in [0.4, 0.5) is 10.5 Å². The van der Waals surface area contributed by atoms with E-state index in [9.17, 15) is 4.79 Å². The first-order valence-electron chi connectivity index (χ1n) is 8.76. The fourth-order valence-corrected chi connectivity index (χ4v) is 3.34. The van der Waals surface area contributed by atoms with Crippen molar-refractivity contribution in [2.45, 2.75) is 12.8 Å². The fourth-order valence-electron chi connectivity index (χ4n) is 3.34. The maximum absolute atomic E-state index is 12.3. The number of hydrogen-bond acceptors (Lipinski definition) is 4. The average Bonchev–Trinajstić information content (AvgIpc) is 2.67. The molecule has 0 radical (unpaired) electrons. The SMILES string of the molecule is COc1ccccc1N1CCN(C(=O)NCC2CCOCC2)CC1. The summed E-state index contributed by atoms with van der Waals surface area (Å²) in [5, 5.41) is 3.09. The summed E-state index contributed by atoms with van der Waals surface area (Å²) in [6.45, 7) is 5.51. The van der Waals surface area contributed by atoms with Crippen LogP contribution in [-0.2, 0) is 4.74 Å². The molecule has 132 valence electrons. The largest absolute Gasteiger partial charge is 0.495 e. The minimum Gasteiger partial charge on any atom is -0.495 e. The van der Waals surface area contributed by atoms with Gasteiger partial charge in [0.15, 0.2) is 0 Å². The molecule has 6 nitrogen and oxygen atoms in total. The maximum atomic E-state index is 12.3. The van der Waals surface area contributed by atoms with Crippen LogP contribution in [0.1, 0.15) is 12.8 Å². The van der Waals surface area contributed by atoms with Gasteiger partial charge in [0.1, 0.15) is 5.75 Å². The molecule has 1 aromatic carbocycles. The molecule has 0 unspecified atom stereocenters. The van der Waals surface area contributed by atoms with E-state index in [1.165, 1.54) is 0 Å². The molecule has 1 N–H and O–H groups in total. The number of hydrogen-bond donors (Lipinski definition) is 1. The van der Waals surface area contributed by atoms with Crippen LogP contribution in [0.2, 0.25) is 0 Å². The number of anilines is 1. The predicted molar refractivity (Wildman–Crippen MR) is 93.7 cm³/mol. The molecule has 6 heteroatoms. The Hall–Kier alpha value is -1.95. The molecule has 0 spiro atoms. The van der Waals surface area contributed by atoms with Gasteiger partial charge in [-0.3, -0.25) is 0 Å². The Kier molecular flexibility index (Phi) is 5.80. The van der Waals surface area contributed by atoms with E-state index in [1.54, 1.807) is 7.11 Å². The number of amides is 2. The number of urea groups is 1. The lowest BCUT2D eigenvalue weighted by Crippen LogP contribution is -2.52. The number of carbonyl (C=O) groups is 1. The highest BCUT2D eigenvalue weighted by Gasteiger charge is 2.23. The van der Waals surface area contributed by atoms with Crippen molar-refractivity contribution >= 4 is 11.7 Å². The molecule has 2 saturated heterocycles. The van der Waals surface area contributed by atoms with Crippen LogP contribution in [-0.4, -0.2) is 64.0 Å². The van der Waals surface area contributed by atoms with E-state index in [-0.39, 0.29) is 6.03 Å². The summed E-state index contributed by atoms with van der Waals surface area (Å²) in [5.41, 5.74) is 1.10. The molecule has 0 bridgehead atoms. The van der Waals surface area contributed by atoms with Crippen molar-refractivity contribution in [3.8, 4) is 5.75 Å². The van der Waals surface area contributed by atoms with Crippen molar-refractivity contribution in [3.05, 3.63) is 24.3 Å². The van der Waals surface area contributed by atoms with Gasteiger partial charge >= 0.3 is 6.03 Å². The average molecular weight is 333 g/mol. The third kappa shape index (κ3) is 4.12. The highest BCUT2D eigenvalue weighted by atomic mass is 16.5. The number of piperazine rings is 1. The van der Waals surface area contributed by atoms with Crippen LogP contribution in [0, 0.1) is 5.92 Å². The summed E-state index contributed by atoms with van der Waals surface area (Å²) >= 11 is 0. The fraction of sp³-hybridized carbons (Fsp3) is 0.611. The zero-order valence-corrected chi connectivity index (χ0v) is 14.4. The second kappa shape index (κ2) is 8.24. The number of nitrogens with zero attached hydrogens (tertiary/aromatic N) is 2. The topological polar surface area (TPSA) is 54.0 Å². The number of benzene rings is 1. The highest BCUT2D eigenvalue weighted by molar-refractivity contribution is 5.74. The molecule has 2 fully saturated rings. The first kappa shape index (κ1) is 16.9. The first-order chi connectivity index (χ1) is 11.8. The van der Waals surface area contributed by atoms with Crippen molar-refractivity contribution in [3.63, 3.8) is 0 Å². The normalized spacial score (nSPS) is 19.2. The Labute approximate surface area is 143 Å². The van der Waals surface area contributed by atoms with Gasteiger partial charge in [0, 0.05) is 45.9 Å². The molecule has 3 rings (SSSR count).